The summed E-state index contributed by atoms with van der Waals surface area (Å²) in [6.07, 6.45) is 6.38. The van der Waals surface area contributed by atoms with E-state index in [1.54, 1.807) is 0 Å². The molecule has 2 rings (SSSR count). The van der Waals surface area contributed by atoms with Crippen molar-refractivity contribution in [1.29, 1.82) is 0 Å². The fraction of sp³-hybridized carbons (Fsp3) is 0.917. The SMILES string of the molecule is O=CCN1CCC(CN2CCCC2)CC1. The predicted octanol–water partition coefficient (Wildman–Crippen LogP) is 0.993. The van der Waals surface area contributed by atoms with Crippen molar-refractivity contribution in [1.82, 2.24) is 9.80 Å². The molecule has 3 heteroatoms. The summed E-state index contributed by atoms with van der Waals surface area (Å²) in [5.41, 5.74) is 0. The number of likely N-dealkylation sites (tertiary alicyclic amines) is 2. The Hall–Kier alpha value is -0.410. The van der Waals surface area contributed by atoms with E-state index in [9.17, 15) is 4.79 Å². The van der Waals surface area contributed by atoms with Gasteiger partial charge in [-0.25, -0.2) is 0 Å². The van der Waals surface area contributed by atoms with Crippen molar-refractivity contribution in [3.63, 3.8) is 0 Å². The van der Waals surface area contributed by atoms with Crippen molar-refractivity contribution >= 4 is 6.29 Å². The van der Waals surface area contributed by atoms with E-state index in [0.29, 0.717) is 6.54 Å². The second kappa shape index (κ2) is 5.61. The Kier molecular flexibility index (Phi) is 4.15. The molecule has 2 aliphatic heterocycles. The van der Waals surface area contributed by atoms with Crippen molar-refractivity contribution in [2.75, 3.05) is 39.3 Å². The molecule has 2 saturated heterocycles. The highest BCUT2D eigenvalue weighted by Crippen LogP contribution is 2.20. The number of nitrogens with zero attached hydrogens (tertiary/aromatic N) is 2. The predicted molar refractivity (Wildman–Crippen MR) is 60.9 cm³/mol. The molecule has 0 unspecified atom stereocenters. The molecule has 0 atom stereocenters. The normalized spacial score (nSPS) is 25.9. The molecule has 0 bridgehead atoms. The van der Waals surface area contributed by atoms with Crippen LogP contribution in [-0.2, 0) is 4.79 Å². The molecular weight excluding hydrogens is 188 g/mol. The Morgan fingerprint density at radius 1 is 1.00 bits per heavy atom. The van der Waals surface area contributed by atoms with Gasteiger partial charge in [-0.1, -0.05) is 0 Å². The first-order chi connectivity index (χ1) is 7.38. The fourth-order valence-electron chi connectivity index (χ4n) is 2.79. The summed E-state index contributed by atoms with van der Waals surface area (Å²) in [7, 11) is 0. The molecule has 0 saturated carbocycles. The lowest BCUT2D eigenvalue weighted by Gasteiger charge is -2.32. The maximum atomic E-state index is 10.4. The second-order valence-corrected chi connectivity index (χ2v) is 4.92. The zero-order valence-electron chi connectivity index (χ0n) is 9.53. The number of carbonyl (C=O) groups is 1. The maximum Gasteiger partial charge on any atom is 0.133 e. The van der Waals surface area contributed by atoms with Gasteiger partial charge in [0, 0.05) is 6.54 Å². The van der Waals surface area contributed by atoms with Gasteiger partial charge in [0.15, 0.2) is 0 Å². The Bertz CT molecular complexity index is 194. The second-order valence-electron chi connectivity index (χ2n) is 4.92. The van der Waals surface area contributed by atoms with Gasteiger partial charge in [0.25, 0.3) is 0 Å². The van der Waals surface area contributed by atoms with Crippen molar-refractivity contribution in [3.8, 4) is 0 Å². The average Bonchev–Trinajstić information content (AvgIpc) is 2.74. The molecular formula is C12H22N2O. The Morgan fingerprint density at radius 2 is 1.67 bits per heavy atom. The smallest absolute Gasteiger partial charge is 0.133 e. The number of carbonyl (C=O) groups excluding carboxylic acids is 1. The van der Waals surface area contributed by atoms with Gasteiger partial charge in [-0.05, 0) is 57.8 Å². The number of rotatable bonds is 4. The van der Waals surface area contributed by atoms with Crippen molar-refractivity contribution < 1.29 is 4.79 Å². The van der Waals surface area contributed by atoms with Crippen LogP contribution in [0, 0.1) is 5.92 Å². The van der Waals surface area contributed by atoms with Crippen LogP contribution in [0.2, 0.25) is 0 Å². The third-order valence-corrected chi connectivity index (χ3v) is 3.75. The molecule has 2 heterocycles. The molecule has 3 nitrogen and oxygen atoms in total. The molecule has 0 aromatic carbocycles. The lowest BCUT2D eigenvalue weighted by atomic mass is 9.96. The van der Waals surface area contributed by atoms with E-state index in [1.165, 1.54) is 45.3 Å². The molecule has 2 fully saturated rings. The summed E-state index contributed by atoms with van der Waals surface area (Å²) in [6, 6.07) is 0. The van der Waals surface area contributed by atoms with Crippen LogP contribution in [0.5, 0.6) is 0 Å². The lowest BCUT2D eigenvalue weighted by Crippen LogP contribution is -2.38. The quantitative estimate of drug-likeness (QED) is 0.647. The summed E-state index contributed by atoms with van der Waals surface area (Å²) < 4.78 is 0. The van der Waals surface area contributed by atoms with Crippen LogP contribution in [0.1, 0.15) is 25.7 Å². The van der Waals surface area contributed by atoms with Crippen LogP contribution in [0.15, 0.2) is 0 Å². The van der Waals surface area contributed by atoms with E-state index in [4.69, 9.17) is 0 Å². The Balaban J connectivity index is 1.66. The zero-order chi connectivity index (χ0) is 10.5. The fourth-order valence-corrected chi connectivity index (χ4v) is 2.79. The molecule has 15 heavy (non-hydrogen) atoms. The summed E-state index contributed by atoms with van der Waals surface area (Å²) >= 11 is 0. The van der Waals surface area contributed by atoms with E-state index >= 15 is 0 Å². The van der Waals surface area contributed by atoms with Crippen LogP contribution >= 0.6 is 0 Å². The van der Waals surface area contributed by atoms with Crippen LogP contribution in [0.3, 0.4) is 0 Å². The monoisotopic (exact) mass is 210 g/mol. The topological polar surface area (TPSA) is 23.6 Å². The number of hydrogen-bond acceptors (Lipinski definition) is 3. The lowest BCUT2D eigenvalue weighted by molar-refractivity contribution is -0.109. The highest BCUT2D eigenvalue weighted by molar-refractivity contribution is 5.51. The first-order valence-electron chi connectivity index (χ1n) is 6.27. The summed E-state index contributed by atoms with van der Waals surface area (Å²) in [5, 5.41) is 0. The van der Waals surface area contributed by atoms with Gasteiger partial charge < -0.3 is 9.69 Å². The number of aldehydes is 1. The van der Waals surface area contributed by atoms with Crippen LogP contribution in [-0.4, -0.2) is 55.4 Å². The third-order valence-electron chi connectivity index (χ3n) is 3.75. The van der Waals surface area contributed by atoms with Gasteiger partial charge in [0.2, 0.25) is 0 Å². The standard InChI is InChI=1S/C12H22N2O/c15-10-9-13-7-3-12(4-8-13)11-14-5-1-2-6-14/h10,12H,1-9,11H2. The van der Waals surface area contributed by atoms with Gasteiger partial charge in [-0.15, -0.1) is 0 Å². The van der Waals surface area contributed by atoms with Crippen LogP contribution < -0.4 is 0 Å². The van der Waals surface area contributed by atoms with Gasteiger partial charge >= 0.3 is 0 Å². The minimum absolute atomic E-state index is 0.635. The molecule has 0 aromatic rings. The first kappa shape index (κ1) is 11.1. The summed E-state index contributed by atoms with van der Waals surface area (Å²) in [6.45, 7) is 6.81. The van der Waals surface area contributed by atoms with Gasteiger partial charge in [0.05, 0.1) is 6.54 Å². The van der Waals surface area contributed by atoms with E-state index < -0.39 is 0 Å². The van der Waals surface area contributed by atoms with Gasteiger partial charge in [-0.2, -0.15) is 0 Å². The number of piperidine rings is 1. The average molecular weight is 210 g/mol. The highest BCUT2D eigenvalue weighted by Gasteiger charge is 2.22. The minimum Gasteiger partial charge on any atom is -0.303 e. The molecule has 0 spiro atoms. The zero-order valence-corrected chi connectivity index (χ0v) is 9.53. The van der Waals surface area contributed by atoms with E-state index in [0.717, 1.165) is 25.3 Å². The Labute approximate surface area is 92.4 Å². The summed E-state index contributed by atoms with van der Waals surface area (Å²) in [5.74, 6) is 0.881. The summed E-state index contributed by atoms with van der Waals surface area (Å²) in [4.78, 5) is 15.3. The molecule has 0 N–H and O–H groups in total. The maximum absolute atomic E-state index is 10.4. The van der Waals surface area contributed by atoms with E-state index in [2.05, 4.69) is 9.80 Å². The van der Waals surface area contributed by atoms with Crippen molar-refractivity contribution in [2.45, 2.75) is 25.7 Å². The van der Waals surface area contributed by atoms with Gasteiger partial charge in [0.1, 0.15) is 6.29 Å². The molecule has 0 amide bonds. The highest BCUT2D eigenvalue weighted by atomic mass is 16.1. The first-order valence-corrected chi connectivity index (χ1v) is 6.27. The van der Waals surface area contributed by atoms with E-state index in [-0.39, 0.29) is 0 Å². The van der Waals surface area contributed by atoms with E-state index in [1.807, 2.05) is 0 Å². The molecule has 2 aliphatic rings. The minimum atomic E-state index is 0.635. The third kappa shape index (κ3) is 3.28. The van der Waals surface area contributed by atoms with Crippen LogP contribution in [0.25, 0.3) is 0 Å². The van der Waals surface area contributed by atoms with Crippen molar-refractivity contribution in [3.05, 3.63) is 0 Å². The van der Waals surface area contributed by atoms with Crippen molar-refractivity contribution in [2.24, 2.45) is 5.92 Å². The number of hydrogen-bond donors (Lipinski definition) is 0. The molecule has 86 valence electrons. The molecule has 0 aliphatic carbocycles. The van der Waals surface area contributed by atoms with Crippen LogP contribution in [0.4, 0.5) is 0 Å². The van der Waals surface area contributed by atoms with Gasteiger partial charge in [-0.3, -0.25) is 4.90 Å². The molecule has 0 radical (unpaired) electrons. The Morgan fingerprint density at radius 3 is 2.27 bits per heavy atom. The molecule has 0 aromatic heterocycles. The largest absolute Gasteiger partial charge is 0.303 e.